The maximum absolute atomic E-state index is 12.3. The standard InChI is InChI=1S/C17H29F/c1-2-3-14-4-8-16(9-5-14)17-10-6-15(7-11-17)12-13-18/h2-3,14-17H,4-13H2,1H3. The van der Waals surface area contributed by atoms with Crippen molar-refractivity contribution >= 4 is 0 Å². The molecular weight excluding hydrogens is 223 g/mol. The largest absolute Gasteiger partial charge is 0.251 e. The summed E-state index contributed by atoms with van der Waals surface area (Å²) in [7, 11) is 0. The fraction of sp³-hybridized carbons (Fsp3) is 0.882. The van der Waals surface area contributed by atoms with Gasteiger partial charge in [0.25, 0.3) is 0 Å². The molecule has 0 spiro atoms. The molecule has 0 amide bonds. The molecule has 18 heavy (non-hydrogen) atoms. The molecule has 0 bridgehead atoms. The average molecular weight is 252 g/mol. The summed E-state index contributed by atoms with van der Waals surface area (Å²) < 4.78 is 12.3. The molecule has 104 valence electrons. The van der Waals surface area contributed by atoms with Crippen LogP contribution in [0.1, 0.15) is 64.7 Å². The van der Waals surface area contributed by atoms with E-state index in [0.717, 1.165) is 24.2 Å². The van der Waals surface area contributed by atoms with Crippen molar-refractivity contribution < 1.29 is 4.39 Å². The van der Waals surface area contributed by atoms with E-state index in [1.54, 1.807) is 0 Å². The molecule has 0 heterocycles. The van der Waals surface area contributed by atoms with Gasteiger partial charge in [0.15, 0.2) is 0 Å². The molecule has 0 unspecified atom stereocenters. The van der Waals surface area contributed by atoms with Gasteiger partial charge >= 0.3 is 0 Å². The van der Waals surface area contributed by atoms with Crippen LogP contribution in [0, 0.1) is 23.7 Å². The number of hydrogen-bond donors (Lipinski definition) is 0. The van der Waals surface area contributed by atoms with Gasteiger partial charge in [-0.05, 0) is 75.5 Å². The molecule has 0 N–H and O–H groups in total. The number of allylic oxidation sites excluding steroid dienone is 2. The summed E-state index contributed by atoms with van der Waals surface area (Å²) in [5.41, 5.74) is 0. The van der Waals surface area contributed by atoms with Crippen molar-refractivity contribution in [3.63, 3.8) is 0 Å². The molecule has 0 atom stereocenters. The van der Waals surface area contributed by atoms with E-state index in [2.05, 4.69) is 19.1 Å². The Hall–Kier alpha value is -0.330. The van der Waals surface area contributed by atoms with Crippen molar-refractivity contribution in [1.29, 1.82) is 0 Å². The molecule has 2 aliphatic rings. The minimum Gasteiger partial charge on any atom is -0.251 e. The zero-order valence-corrected chi connectivity index (χ0v) is 11.9. The molecule has 0 nitrogen and oxygen atoms in total. The van der Waals surface area contributed by atoms with Gasteiger partial charge in [0.1, 0.15) is 0 Å². The Balaban J connectivity index is 1.71. The normalized spacial score (nSPS) is 38.1. The molecule has 1 heteroatoms. The zero-order chi connectivity index (χ0) is 12.8. The van der Waals surface area contributed by atoms with E-state index in [1.807, 2.05) is 0 Å². The Bertz CT molecular complexity index is 242. The number of hydrogen-bond acceptors (Lipinski definition) is 0. The van der Waals surface area contributed by atoms with Gasteiger partial charge in [-0.1, -0.05) is 25.0 Å². The van der Waals surface area contributed by atoms with E-state index < -0.39 is 0 Å². The predicted molar refractivity (Wildman–Crippen MR) is 76.3 cm³/mol. The number of alkyl halides is 1. The van der Waals surface area contributed by atoms with Crippen molar-refractivity contribution in [3.05, 3.63) is 12.2 Å². The fourth-order valence-corrected chi connectivity index (χ4v) is 4.18. The minimum atomic E-state index is -0.107. The van der Waals surface area contributed by atoms with Gasteiger partial charge in [-0.3, -0.25) is 4.39 Å². The van der Waals surface area contributed by atoms with Gasteiger partial charge in [-0.15, -0.1) is 0 Å². The van der Waals surface area contributed by atoms with Gasteiger partial charge in [0.05, 0.1) is 6.67 Å². The molecule has 0 radical (unpaired) electrons. The number of rotatable bonds is 4. The highest BCUT2D eigenvalue weighted by atomic mass is 19.1. The van der Waals surface area contributed by atoms with Crippen molar-refractivity contribution in [2.24, 2.45) is 23.7 Å². The Kier molecular flexibility index (Phi) is 5.72. The van der Waals surface area contributed by atoms with Gasteiger partial charge < -0.3 is 0 Å². The first kappa shape index (κ1) is 14.1. The van der Waals surface area contributed by atoms with Crippen LogP contribution < -0.4 is 0 Å². The Morgan fingerprint density at radius 3 is 1.94 bits per heavy atom. The van der Waals surface area contributed by atoms with E-state index in [-0.39, 0.29) is 6.67 Å². The molecule has 2 aliphatic carbocycles. The minimum absolute atomic E-state index is 0.107. The van der Waals surface area contributed by atoms with Crippen molar-refractivity contribution in [2.75, 3.05) is 6.67 Å². The highest BCUT2D eigenvalue weighted by Gasteiger charge is 2.30. The molecule has 0 aliphatic heterocycles. The summed E-state index contributed by atoms with van der Waals surface area (Å²) in [6, 6.07) is 0. The topological polar surface area (TPSA) is 0 Å². The van der Waals surface area contributed by atoms with Gasteiger partial charge in [-0.2, -0.15) is 0 Å². The molecule has 0 aromatic carbocycles. The maximum Gasteiger partial charge on any atom is 0.0897 e. The van der Waals surface area contributed by atoms with Gasteiger partial charge in [-0.25, -0.2) is 0 Å². The maximum atomic E-state index is 12.3. The lowest BCUT2D eigenvalue weighted by Gasteiger charge is -2.37. The first-order chi connectivity index (χ1) is 8.83. The molecule has 2 saturated carbocycles. The van der Waals surface area contributed by atoms with E-state index in [9.17, 15) is 4.39 Å². The Morgan fingerprint density at radius 1 is 0.889 bits per heavy atom. The number of halogens is 1. The lowest BCUT2D eigenvalue weighted by molar-refractivity contribution is 0.149. The van der Waals surface area contributed by atoms with Gasteiger partial charge in [0, 0.05) is 0 Å². The molecule has 2 rings (SSSR count). The zero-order valence-electron chi connectivity index (χ0n) is 11.9. The molecule has 0 aromatic rings. The third-order valence-corrected chi connectivity index (χ3v) is 5.36. The summed E-state index contributed by atoms with van der Waals surface area (Å²) in [5.74, 6) is 3.50. The second-order valence-corrected chi connectivity index (χ2v) is 6.46. The quantitative estimate of drug-likeness (QED) is 0.577. The second kappa shape index (κ2) is 7.31. The highest BCUT2D eigenvalue weighted by Crippen LogP contribution is 2.42. The SMILES string of the molecule is CC=CC1CCC(C2CCC(CCF)CC2)CC1. The second-order valence-electron chi connectivity index (χ2n) is 6.46. The van der Waals surface area contributed by atoms with Crippen molar-refractivity contribution in [1.82, 2.24) is 0 Å². The van der Waals surface area contributed by atoms with Crippen LogP contribution in [-0.2, 0) is 0 Å². The van der Waals surface area contributed by atoms with Crippen LogP contribution in [0.25, 0.3) is 0 Å². The van der Waals surface area contributed by atoms with Crippen molar-refractivity contribution in [2.45, 2.75) is 64.7 Å². The summed E-state index contributed by atoms with van der Waals surface area (Å²) in [5, 5.41) is 0. The van der Waals surface area contributed by atoms with Crippen LogP contribution in [0.2, 0.25) is 0 Å². The van der Waals surface area contributed by atoms with Crippen LogP contribution in [0.4, 0.5) is 4.39 Å². The monoisotopic (exact) mass is 252 g/mol. The third-order valence-electron chi connectivity index (χ3n) is 5.36. The van der Waals surface area contributed by atoms with Crippen LogP contribution in [0.15, 0.2) is 12.2 Å². The van der Waals surface area contributed by atoms with E-state index >= 15 is 0 Å². The van der Waals surface area contributed by atoms with Crippen LogP contribution in [0.3, 0.4) is 0 Å². The lowest BCUT2D eigenvalue weighted by atomic mass is 9.69. The van der Waals surface area contributed by atoms with E-state index in [0.29, 0.717) is 5.92 Å². The summed E-state index contributed by atoms with van der Waals surface area (Å²) in [6.07, 6.45) is 16.5. The van der Waals surface area contributed by atoms with Crippen LogP contribution in [-0.4, -0.2) is 6.67 Å². The first-order valence-electron chi connectivity index (χ1n) is 8.02. The first-order valence-corrected chi connectivity index (χ1v) is 8.02. The van der Waals surface area contributed by atoms with Crippen molar-refractivity contribution in [3.8, 4) is 0 Å². The average Bonchev–Trinajstić information content (AvgIpc) is 2.41. The van der Waals surface area contributed by atoms with Gasteiger partial charge in [0.2, 0.25) is 0 Å². The smallest absolute Gasteiger partial charge is 0.0897 e. The molecule has 0 saturated heterocycles. The summed E-state index contributed by atoms with van der Waals surface area (Å²) >= 11 is 0. The van der Waals surface area contributed by atoms with Crippen LogP contribution >= 0.6 is 0 Å². The van der Waals surface area contributed by atoms with E-state index in [1.165, 1.54) is 51.4 Å². The van der Waals surface area contributed by atoms with Crippen LogP contribution in [0.5, 0.6) is 0 Å². The Labute approximate surface area is 112 Å². The summed E-state index contributed by atoms with van der Waals surface area (Å²) in [6.45, 7) is 2.03. The molecule has 0 aromatic heterocycles. The molecular formula is C17H29F. The fourth-order valence-electron chi connectivity index (χ4n) is 4.18. The third kappa shape index (κ3) is 3.83. The summed E-state index contributed by atoms with van der Waals surface area (Å²) in [4.78, 5) is 0. The Morgan fingerprint density at radius 2 is 1.44 bits per heavy atom. The van der Waals surface area contributed by atoms with E-state index in [4.69, 9.17) is 0 Å². The predicted octanol–water partition coefficient (Wildman–Crippen LogP) is 5.53. The lowest BCUT2D eigenvalue weighted by Crippen LogP contribution is -2.25. The molecule has 2 fully saturated rings. The highest BCUT2D eigenvalue weighted by molar-refractivity contribution is 4.90.